The fourth-order valence-corrected chi connectivity index (χ4v) is 2.89. The van der Waals surface area contributed by atoms with Gasteiger partial charge in [0.1, 0.15) is 0 Å². The summed E-state index contributed by atoms with van der Waals surface area (Å²) in [6, 6.07) is 4.07. The van der Waals surface area contributed by atoms with E-state index >= 15 is 0 Å². The molecule has 0 aliphatic carbocycles. The molecule has 3 nitrogen and oxygen atoms in total. The number of hydrogen-bond acceptors (Lipinski definition) is 3. The molecule has 1 aliphatic rings. The van der Waals surface area contributed by atoms with Gasteiger partial charge >= 0.3 is 0 Å². The van der Waals surface area contributed by atoms with E-state index in [-0.39, 0.29) is 18.6 Å². The van der Waals surface area contributed by atoms with Gasteiger partial charge in [-0.3, -0.25) is 4.79 Å². The molecule has 1 N–H and O–H groups in total. The van der Waals surface area contributed by atoms with Crippen LogP contribution in [-0.4, -0.2) is 35.1 Å². The van der Waals surface area contributed by atoms with Crippen LogP contribution in [0.3, 0.4) is 0 Å². The van der Waals surface area contributed by atoms with Crippen LogP contribution >= 0.6 is 11.3 Å². The average Bonchev–Trinajstić information content (AvgIpc) is 2.94. The lowest BCUT2D eigenvalue weighted by atomic mass is 10.2. The lowest BCUT2D eigenvalue weighted by Gasteiger charge is -2.21. The van der Waals surface area contributed by atoms with E-state index in [4.69, 9.17) is 5.11 Å². The van der Waals surface area contributed by atoms with E-state index in [1.165, 1.54) is 4.88 Å². The molecule has 0 aromatic carbocycles. The first-order chi connectivity index (χ1) is 8.20. The van der Waals surface area contributed by atoms with Gasteiger partial charge in [-0.05, 0) is 38.0 Å². The smallest absolute Gasteiger partial charge is 0.246 e. The molecule has 1 unspecified atom stereocenters. The summed E-state index contributed by atoms with van der Waals surface area (Å²) in [5, 5.41) is 9.16. The minimum absolute atomic E-state index is 0.00704. The van der Waals surface area contributed by atoms with E-state index in [0.717, 1.165) is 24.3 Å². The zero-order chi connectivity index (χ0) is 12.3. The van der Waals surface area contributed by atoms with Gasteiger partial charge in [-0.1, -0.05) is 0 Å². The van der Waals surface area contributed by atoms with Gasteiger partial charge in [-0.15, -0.1) is 11.3 Å². The number of aliphatic hydroxyl groups excluding tert-OH is 1. The second kappa shape index (κ2) is 5.47. The van der Waals surface area contributed by atoms with Crippen LogP contribution < -0.4 is 0 Å². The molecule has 2 rings (SSSR count). The summed E-state index contributed by atoms with van der Waals surface area (Å²) in [7, 11) is 0. The maximum atomic E-state index is 11.9. The van der Waals surface area contributed by atoms with E-state index in [9.17, 15) is 4.79 Å². The topological polar surface area (TPSA) is 40.5 Å². The highest BCUT2D eigenvalue weighted by atomic mass is 32.1. The Hall–Kier alpha value is -1.13. The molecule has 0 bridgehead atoms. The average molecular weight is 251 g/mol. The molecule has 0 saturated carbocycles. The molecule has 1 fully saturated rings. The molecule has 2 heterocycles. The molecule has 92 valence electrons. The van der Waals surface area contributed by atoms with Crippen molar-refractivity contribution in [2.45, 2.75) is 25.8 Å². The molecule has 1 atom stereocenters. The Morgan fingerprint density at radius 2 is 2.47 bits per heavy atom. The van der Waals surface area contributed by atoms with Crippen LogP contribution in [0.25, 0.3) is 6.08 Å². The summed E-state index contributed by atoms with van der Waals surface area (Å²) < 4.78 is 0. The zero-order valence-electron chi connectivity index (χ0n) is 9.93. The molecule has 1 aliphatic heterocycles. The Bertz CT molecular complexity index is 425. The number of carbonyl (C=O) groups excluding carboxylic acids is 1. The van der Waals surface area contributed by atoms with Crippen molar-refractivity contribution in [1.29, 1.82) is 0 Å². The molecule has 1 aromatic heterocycles. The van der Waals surface area contributed by atoms with Crippen LogP contribution in [0.15, 0.2) is 18.2 Å². The third kappa shape index (κ3) is 2.96. The zero-order valence-corrected chi connectivity index (χ0v) is 10.7. The second-order valence-corrected chi connectivity index (χ2v) is 5.61. The SMILES string of the molecule is Cc1ccc(C=CC(=O)N2CCCC2CO)s1. The minimum atomic E-state index is 0.00704. The quantitative estimate of drug-likeness (QED) is 0.835. The first-order valence-electron chi connectivity index (χ1n) is 5.86. The van der Waals surface area contributed by atoms with Crippen molar-refractivity contribution < 1.29 is 9.90 Å². The molecule has 1 aromatic rings. The summed E-state index contributed by atoms with van der Waals surface area (Å²) in [5.74, 6) is 0.00704. The van der Waals surface area contributed by atoms with Gasteiger partial charge in [0.15, 0.2) is 0 Å². The van der Waals surface area contributed by atoms with Gasteiger partial charge < -0.3 is 10.0 Å². The fraction of sp³-hybridized carbons (Fsp3) is 0.462. The summed E-state index contributed by atoms with van der Waals surface area (Å²) in [5.41, 5.74) is 0. The van der Waals surface area contributed by atoms with Gasteiger partial charge in [-0.2, -0.15) is 0 Å². The highest BCUT2D eigenvalue weighted by molar-refractivity contribution is 7.12. The Kier molecular flexibility index (Phi) is 3.97. The number of likely N-dealkylation sites (tertiary alicyclic amines) is 1. The second-order valence-electron chi connectivity index (χ2n) is 4.29. The van der Waals surface area contributed by atoms with Crippen molar-refractivity contribution >= 4 is 23.3 Å². The third-order valence-electron chi connectivity index (χ3n) is 3.02. The minimum Gasteiger partial charge on any atom is -0.394 e. The van der Waals surface area contributed by atoms with Crippen LogP contribution in [-0.2, 0) is 4.79 Å². The molecule has 1 saturated heterocycles. The highest BCUT2D eigenvalue weighted by Gasteiger charge is 2.26. The van der Waals surface area contributed by atoms with E-state index < -0.39 is 0 Å². The summed E-state index contributed by atoms with van der Waals surface area (Å²) in [4.78, 5) is 16.0. The van der Waals surface area contributed by atoms with Crippen LogP contribution in [0, 0.1) is 6.92 Å². The van der Waals surface area contributed by atoms with E-state index in [1.807, 2.05) is 25.1 Å². The van der Waals surface area contributed by atoms with Crippen molar-refractivity contribution in [3.8, 4) is 0 Å². The van der Waals surface area contributed by atoms with E-state index in [1.54, 1.807) is 22.3 Å². The number of amides is 1. The van der Waals surface area contributed by atoms with Crippen molar-refractivity contribution in [3.05, 3.63) is 28.0 Å². The monoisotopic (exact) mass is 251 g/mol. The van der Waals surface area contributed by atoms with Crippen molar-refractivity contribution in [1.82, 2.24) is 4.90 Å². The number of aryl methyl sites for hydroxylation is 1. The maximum Gasteiger partial charge on any atom is 0.246 e. The molecular formula is C13H17NO2S. The van der Waals surface area contributed by atoms with Crippen molar-refractivity contribution in [3.63, 3.8) is 0 Å². The third-order valence-corrected chi connectivity index (χ3v) is 3.99. The predicted octanol–water partition coefficient (Wildman–Crippen LogP) is 2.05. The lowest BCUT2D eigenvalue weighted by Crippen LogP contribution is -2.36. The van der Waals surface area contributed by atoms with Gasteiger partial charge in [0, 0.05) is 22.4 Å². The number of rotatable bonds is 3. The number of carbonyl (C=O) groups is 1. The van der Waals surface area contributed by atoms with Gasteiger partial charge in [-0.25, -0.2) is 0 Å². The number of hydrogen-bond donors (Lipinski definition) is 1. The molecule has 0 spiro atoms. The Morgan fingerprint density at radius 3 is 3.12 bits per heavy atom. The number of aliphatic hydroxyl groups is 1. The fourth-order valence-electron chi connectivity index (χ4n) is 2.11. The Balaban J connectivity index is 1.99. The Morgan fingerprint density at radius 1 is 1.65 bits per heavy atom. The molecule has 17 heavy (non-hydrogen) atoms. The summed E-state index contributed by atoms with van der Waals surface area (Å²) in [6.45, 7) is 2.88. The van der Waals surface area contributed by atoms with E-state index in [2.05, 4.69) is 0 Å². The van der Waals surface area contributed by atoms with Crippen LogP contribution in [0.1, 0.15) is 22.6 Å². The highest BCUT2D eigenvalue weighted by Crippen LogP contribution is 2.19. The van der Waals surface area contributed by atoms with Crippen LogP contribution in [0.2, 0.25) is 0 Å². The van der Waals surface area contributed by atoms with Crippen LogP contribution in [0.4, 0.5) is 0 Å². The molecule has 0 radical (unpaired) electrons. The normalized spacial score (nSPS) is 20.4. The lowest BCUT2D eigenvalue weighted by molar-refractivity contribution is -0.127. The van der Waals surface area contributed by atoms with Gasteiger partial charge in [0.25, 0.3) is 0 Å². The largest absolute Gasteiger partial charge is 0.394 e. The van der Waals surface area contributed by atoms with Gasteiger partial charge in [0.05, 0.1) is 12.6 Å². The summed E-state index contributed by atoms with van der Waals surface area (Å²) >= 11 is 1.67. The Labute approximate surface area is 105 Å². The number of thiophene rings is 1. The molecule has 1 amide bonds. The standard InChI is InChI=1S/C13H17NO2S/c1-10-4-5-12(17-10)6-7-13(16)14-8-2-3-11(14)9-15/h4-7,11,15H,2-3,8-9H2,1H3. The van der Waals surface area contributed by atoms with Crippen molar-refractivity contribution in [2.75, 3.05) is 13.2 Å². The first kappa shape index (κ1) is 12.3. The number of nitrogens with zero attached hydrogens (tertiary/aromatic N) is 1. The maximum absolute atomic E-state index is 11.9. The first-order valence-corrected chi connectivity index (χ1v) is 6.68. The van der Waals surface area contributed by atoms with Crippen molar-refractivity contribution in [2.24, 2.45) is 0 Å². The summed E-state index contributed by atoms with van der Waals surface area (Å²) in [6.07, 6.45) is 5.36. The van der Waals surface area contributed by atoms with Gasteiger partial charge in [0.2, 0.25) is 5.91 Å². The molecular weight excluding hydrogens is 234 g/mol. The molecule has 4 heteroatoms. The van der Waals surface area contributed by atoms with E-state index in [0.29, 0.717) is 0 Å². The van der Waals surface area contributed by atoms with Crippen LogP contribution in [0.5, 0.6) is 0 Å². The predicted molar refractivity (Wildman–Crippen MR) is 69.9 cm³/mol.